The number of hydrogen-bond acceptors (Lipinski definition) is 3. The van der Waals surface area contributed by atoms with Crippen LogP contribution in [0, 0.1) is 13.8 Å². The first-order chi connectivity index (χ1) is 10.1. The largest absolute Gasteiger partial charge is 0.439 e. The van der Waals surface area contributed by atoms with Gasteiger partial charge in [0, 0.05) is 18.3 Å². The van der Waals surface area contributed by atoms with E-state index in [1.54, 1.807) is 23.0 Å². The van der Waals surface area contributed by atoms with Crippen LogP contribution in [0.5, 0.6) is 11.6 Å². The first kappa shape index (κ1) is 13.6. The molecule has 0 aliphatic rings. The molecular weight excluding hydrogens is 286 g/mol. The summed E-state index contributed by atoms with van der Waals surface area (Å²) in [5, 5.41) is 4.88. The lowest BCUT2D eigenvalue weighted by atomic mass is 10.2. The van der Waals surface area contributed by atoms with Crippen LogP contribution in [-0.2, 0) is 0 Å². The Bertz CT molecular complexity index is 783. The van der Waals surface area contributed by atoms with Gasteiger partial charge in [0.2, 0.25) is 5.88 Å². The first-order valence-electron chi connectivity index (χ1n) is 6.55. The Morgan fingerprint density at radius 1 is 1.10 bits per heavy atom. The third kappa shape index (κ3) is 3.06. The molecule has 0 unspecified atom stereocenters. The van der Waals surface area contributed by atoms with Gasteiger partial charge in [0.05, 0.1) is 11.4 Å². The monoisotopic (exact) mass is 299 g/mol. The molecule has 5 heteroatoms. The molecule has 0 amide bonds. The van der Waals surface area contributed by atoms with Gasteiger partial charge in [-0.15, -0.1) is 0 Å². The predicted octanol–water partition coefficient (Wildman–Crippen LogP) is 4.33. The molecule has 3 aromatic rings. The highest BCUT2D eigenvalue weighted by Gasteiger charge is 2.10. The minimum absolute atomic E-state index is 0.394. The van der Waals surface area contributed by atoms with Crippen LogP contribution in [0.25, 0.3) is 5.69 Å². The quantitative estimate of drug-likeness (QED) is 0.676. The maximum atomic E-state index is 5.88. The first-order valence-corrected chi connectivity index (χ1v) is 6.93. The van der Waals surface area contributed by atoms with Gasteiger partial charge in [-0.1, -0.05) is 23.7 Å². The average molecular weight is 300 g/mol. The van der Waals surface area contributed by atoms with Crippen molar-refractivity contribution in [2.75, 3.05) is 0 Å². The van der Waals surface area contributed by atoms with Crippen LogP contribution in [0.1, 0.15) is 11.3 Å². The van der Waals surface area contributed by atoms with E-state index in [0.717, 1.165) is 11.4 Å². The maximum Gasteiger partial charge on any atom is 0.222 e. The lowest BCUT2D eigenvalue weighted by molar-refractivity contribution is 0.444. The minimum atomic E-state index is 0.394. The highest BCUT2D eigenvalue weighted by atomic mass is 35.5. The fraction of sp³-hybridized carbons (Fsp3) is 0.125. The van der Waals surface area contributed by atoms with Crippen LogP contribution in [0.4, 0.5) is 0 Å². The molecule has 0 radical (unpaired) electrons. The second-order valence-corrected chi connectivity index (χ2v) is 5.18. The summed E-state index contributed by atoms with van der Waals surface area (Å²) in [6, 6.07) is 13.4. The van der Waals surface area contributed by atoms with Crippen molar-refractivity contribution in [3.8, 4) is 17.3 Å². The molecule has 4 nitrogen and oxygen atoms in total. The molecular formula is C16H14ClN3O. The highest BCUT2D eigenvalue weighted by molar-refractivity contribution is 6.29. The molecule has 2 aromatic heterocycles. The Morgan fingerprint density at radius 2 is 1.95 bits per heavy atom. The Labute approximate surface area is 128 Å². The second-order valence-electron chi connectivity index (χ2n) is 4.79. The topological polar surface area (TPSA) is 39.9 Å². The summed E-state index contributed by atoms with van der Waals surface area (Å²) in [6.45, 7) is 3.97. The molecule has 2 heterocycles. The average Bonchev–Trinajstić information content (AvgIpc) is 2.79. The van der Waals surface area contributed by atoms with Crippen molar-refractivity contribution in [2.24, 2.45) is 0 Å². The molecule has 21 heavy (non-hydrogen) atoms. The fourth-order valence-corrected chi connectivity index (χ4v) is 2.23. The van der Waals surface area contributed by atoms with Crippen molar-refractivity contribution in [2.45, 2.75) is 13.8 Å². The molecule has 0 aliphatic carbocycles. The van der Waals surface area contributed by atoms with E-state index in [1.165, 1.54) is 5.56 Å². The van der Waals surface area contributed by atoms with Crippen molar-refractivity contribution < 1.29 is 4.74 Å². The normalized spacial score (nSPS) is 10.6. The summed E-state index contributed by atoms with van der Waals surface area (Å²) in [6.07, 6.45) is 1.61. The number of rotatable bonds is 3. The molecule has 1 aromatic carbocycles. The summed E-state index contributed by atoms with van der Waals surface area (Å²) >= 11 is 5.88. The number of hydrogen-bond donors (Lipinski definition) is 0. The van der Waals surface area contributed by atoms with Gasteiger partial charge < -0.3 is 4.74 Å². The minimum Gasteiger partial charge on any atom is -0.439 e. The number of nitrogens with zero attached hydrogens (tertiary/aromatic N) is 3. The fourth-order valence-electron chi connectivity index (χ4n) is 2.06. The van der Waals surface area contributed by atoms with Crippen molar-refractivity contribution in [3.05, 3.63) is 65.1 Å². The molecule has 0 bridgehead atoms. The molecule has 0 fully saturated rings. The van der Waals surface area contributed by atoms with Gasteiger partial charge in [-0.3, -0.25) is 0 Å². The van der Waals surface area contributed by atoms with Gasteiger partial charge in [0.15, 0.2) is 0 Å². The lowest BCUT2D eigenvalue weighted by Crippen LogP contribution is -2.00. The zero-order valence-corrected chi connectivity index (χ0v) is 12.5. The number of pyridine rings is 1. The zero-order valence-electron chi connectivity index (χ0n) is 11.7. The summed E-state index contributed by atoms with van der Waals surface area (Å²) in [7, 11) is 0. The van der Waals surface area contributed by atoms with Crippen LogP contribution in [0.2, 0.25) is 5.15 Å². The standard InChI is InChI=1S/C16H14ClN3O/c1-11-4-3-5-13(8-11)20-16(9-12(2)19-20)21-14-6-7-18-15(17)10-14/h3-10H,1-2H3. The summed E-state index contributed by atoms with van der Waals surface area (Å²) in [5.74, 6) is 1.27. The van der Waals surface area contributed by atoms with Gasteiger partial charge in [0.1, 0.15) is 10.9 Å². The highest BCUT2D eigenvalue weighted by Crippen LogP contribution is 2.26. The number of halogens is 1. The summed E-state index contributed by atoms with van der Waals surface area (Å²) < 4.78 is 7.66. The van der Waals surface area contributed by atoms with E-state index in [2.05, 4.69) is 16.1 Å². The lowest BCUT2D eigenvalue weighted by Gasteiger charge is -2.09. The van der Waals surface area contributed by atoms with Crippen molar-refractivity contribution in [3.63, 3.8) is 0 Å². The van der Waals surface area contributed by atoms with Gasteiger partial charge in [-0.05, 0) is 37.6 Å². The number of benzene rings is 1. The molecule has 0 aliphatic heterocycles. The SMILES string of the molecule is Cc1cccc(-n2nc(C)cc2Oc2ccnc(Cl)c2)c1. The van der Waals surface area contributed by atoms with Crippen molar-refractivity contribution in [1.29, 1.82) is 0 Å². The van der Waals surface area contributed by atoms with Crippen LogP contribution >= 0.6 is 11.6 Å². The van der Waals surface area contributed by atoms with E-state index in [-0.39, 0.29) is 0 Å². The van der Waals surface area contributed by atoms with Crippen LogP contribution in [-0.4, -0.2) is 14.8 Å². The van der Waals surface area contributed by atoms with E-state index in [0.29, 0.717) is 16.8 Å². The Balaban J connectivity index is 2.00. The molecule has 0 N–H and O–H groups in total. The second kappa shape index (κ2) is 5.58. The molecule has 0 saturated heterocycles. The van der Waals surface area contributed by atoms with Crippen LogP contribution < -0.4 is 4.74 Å². The Morgan fingerprint density at radius 3 is 2.71 bits per heavy atom. The number of aromatic nitrogens is 3. The Kier molecular flexibility index (Phi) is 3.62. The third-order valence-corrected chi connectivity index (χ3v) is 3.17. The van der Waals surface area contributed by atoms with E-state index in [9.17, 15) is 0 Å². The molecule has 0 saturated carbocycles. The summed E-state index contributed by atoms with van der Waals surface area (Å²) in [4.78, 5) is 3.94. The van der Waals surface area contributed by atoms with E-state index in [4.69, 9.17) is 16.3 Å². The molecule has 0 spiro atoms. The Hall–Kier alpha value is -2.33. The predicted molar refractivity (Wildman–Crippen MR) is 82.4 cm³/mol. The smallest absolute Gasteiger partial charge is 0.222 e. The molecule has 0 atom stereocenters. The zero-order chi connectivity index (χ0) is 14.8. The molecule has 106 valence electrons. The van der Waals surface area contributed by atoms with Gasteiger partial charge in [-0.2, -0.15) is 5.10 Å². The maximum absolute atomic E-state index is 5.88. The van der Waals surface area contributed by atoms with Gasteiger partial charge in [0.25, 0.3) is 0 Å². The number of aryl methyl sites for hydroxylation is 2. The summed E-state index contributed by atoms with van der Waals surface area (Å²) in [5.41, 5.74) is 3.00. The van der Waals surface area contributed by atoms with Crippen LogP contribution in [0.3, 0.4) is 0 Å². The number of ether oxygens (including phenoxy) is 1. The third-order valence-electron chi connectivity index (χ3n) is 2.97. The molecule has 3 rings (SSSR count). The van der Waals surface area contributed by atoms with Gasteiger partial charge >= 0.3 is 0 Å². The van der Waals surface area contributed by atoms with E-state index < -0.39 is 0 Å². The van der Waals surface area contributed by atoms with Crippen LogP contribution in [0.15, 0.2) is 48.7 Å². The van der Waals surface area contributed by atoms with E-state index in [1.807, 2.05) is 38.1 Å². The van der Waals surface area contributed by atoms with Gasteiger partial charge in [-0.25, -0.2) is 9.67 Å². The van der Waals surface area contributed by atoms with Crippen molar-refractivity contribution in [1.82, 2.24) is 14.8 Å². The van der Waals surface area contributed by atoms with E-state index >= 15 is 0 Å². The van der Waals surface area contributed by atoms with Crippen molar-refractivity contribution >= 4 is 11.6 Å².